The Hall–Kier alpha value is -1.09. The molecular weight excluding hydrogens is 210 g/mol. The Labute approximate surface area is 104 Å². The number of nitrogens with one attached hydrogen (secondary N) is 1. The zero-order valence-electron chi connectivity index (χ0n) is 10.9. The summed E-state index contributed by atoms with van der Waals surface area (Å²) in [5.74, 6) is 2.05. The van der Waals surface area contributed by atoms with Crippen LogP contribution in [0.1, 0.15) is 32.4 Å². The highest BCUT2D eigenvalue weighted by Crippen LogP contribution is 2.30. The van der Waals surface area contributed by atoms with Gasteiger partial charge in [0.2, 0.25) is 0 Å². The molecule has 1 saturated carbocycles. The summed E-state index contributed by atoms with van der Waals surface area (Å²) in [6, 6.07) is 6.34. The topological polar surface area (TPSA) is 28.2 Å². The third-order valence-electron chi connectivity index (χ3n) is 3.23. The first kappa shape index (κ1) is 12.4. The lowest BCUT2D eigenvalue weighted by Crippen LogP contribution is -2.26. The van der Waals surface area contributed by atoms with Crippen LogP contribution in [0.2, 0.25) is 0 Å². The molecule has 1 fully saturated rings. The van der Waals surface area contributed by atoms with E-state index in [9.17, 15) is 0 Å². The largest absolute Gasteiger partial charge is 0.357 e. The highest BCUT2D eigenvalue weighted by atomic mass is 15.2. The molecule has 1 aromatic heterocycles. The van der Waals surface area contributed by atoms with Crippen LogP contribution in [0.25, 0.3) is 0 Å². The molecule has 0 bridgehead atoms. The van der Waals surface area contributed by atoms with Crippen LogP contribution in [0.5, 0.6) is 0 Å². The maximum Gasteiger partial charge on any atom is 0.128 e. The average Bonchev–Trinajstić information content (AvgIpc) is 3.18. The van der Waals surface area contributed by atoms with Crippen LogP contribution in [-0.2, 0) is 6.54 Å². The first-order chi connectivity index (χ1) is 8.33. The fraction of sp³-hybridized carbons (Fsp3) is 0.643. The third kappa shape index (κ3) is 3.70. The Morgan fingerprint density at radius 2 is 2.18 bits per heavy atom. The maximum absolute atomic E-state index is 4.73. The molecule has 1 N–H and O–H groups in total. The van der Waals surface area contributed by atoms with E-state index < -0.39 is 0 Å². The van der Waals surface area contributed by atoms with Crippen LogP contribution < -0.4 is 10.2 Å². The van der Waals surface area contributed by atoms with E-state index in [1.165, 1.54) is 19.4 Å². The second kappa shape index (κ2) is 6.01. The molecule has 0 aliphatic heterocycles. The van der Waals surface area contributed by atoms with Crippen molar-refractivity contribution < 1.29 is 0 Å². The number of aromatic nitrogens is 1. The predicted molar refractivity (Wildman–Crippen MR) is 72.2 cm³/mol. The zero-order valence-corrected chi connectivity index (χ0v) is 10.9. The van der Waals surface area contributed by atoms with E-state index in [1.807, 2.05) is 0 Å². The van der Waals surface area contributed by atoms with Crippen LogP contribution in [0, 0.1) is 5.92 Å². The average molecular weight is 233 g/mol. The molecule has 0 spiro atoms. The van der Waals surface area contributed by atoms with Crippen molar-refractivity contribution >= 4 is 5.82 Å². The molecule has 1 aliphatic carbocycles. The van der Waals surface area contributed by atoms with Crippen LogP contribution >= 0.6 is 0 Å². The number of anilines is 1. The van der Waals surface area contributed by atoms with Gasteiger partial charge in [-0.1, -0.05) is 13.0 Å². The molecule has 0 saturated heterocycles. The van der Waals surface area contributed by atoms with E-state index >= 15 is 0 Å². The van der Waals surface area contributed by atoms with Crippen molar-refractivity contribution in [2.45, 2.75) is 33.2 Å². The molecule has 2 rings (SSSR count). The van der Waals surface area contributed by atoms with Gasteiger partial charge in [-0.15, -0.1) is 0 Å². The summed E-state index contributed by atoms with van der Waals surface area (Å²) in [6.45, 7) is 8.41. The zero-order chi connectivity index (χ0) is 12.1. The van der Waals surface area contributed by atoms with E-state index in [2.05, 4.69) is 42.3 Å². The van der Waals surface area contributed by atoms with Crippen molar-refractivity contribution in [2.24, 2.45) is 5.92 Å². The predicted octanol–water partition coefficient (Wildman–Crippen LogP) is 2.43. The second-order valence-corrected chi connectivity index (χ2v) is 4.75. The number of rotatable bonds is 7. The van der Waals surface area contributed by atoms with Gasteiger partial charge in [0.1, 0.15) is 5.82 Å². The first-order valence-corrected chi connectivity index (χ1v) is 6.75. The fourth-order valence-electron chi connectivity index (χ4n) is 1.99. The van der Waals surface area contributed by atoms with E-state index in [-0.39, 0.29) is 0 Å². The van der Waals surface area contributed by atoms with Crippen molar-refractivity contribution in [1.82, 2.24) is 10.3 Å². The van der Waals surface area contributed by atoms with E-state index in [1.54, 1.807) is 0 Å². The molecular formula is C14H23N3. The van der Waals surface area contributed by atoms with Crippen molar-refractivity contribution in [3.63, 3.8) is 0 Å². The van der Waals surface area contributed by atoms with Gasteiger partial charge in [-0.05, 0) is 44.4 Å². The fourth-order valence-corrected chi connectivity index (χ4v) is 1.99. The summed E-state index contributed by atoms with van der Waals surface area (Å²) < 4.78 is 0. The standard InChI is InChI=1S/C14H23N3/c1-3-15-10-13-6-5-7-14(16-13)17(4-2)11-12-8-9-12/h5-7,12,15H,3-4,8-11H2,1-2H3. The molecule has 17 heavy (non-hydrogen) atoms. The lowest BCUT2D eigenvalue weighted by molar-refractivity contribution is 0.698. The van der Waals surface area contributed by atoms with Gasteiger partial charge in [-0.3, -0.25) is 0 Å². The van der Waals surface area contributed by atoms with Crippen molar-refractivity contribution in [1.29, 1.82) is 0 Å². The molecule has 0 aromatic carbocycles. The highest BCUT2D eigenvalue weighted by molar-refractivity contribution is 5.39. The second-order valence-electron chi connectivity index (χ2n) is 4.75. The van der Waals surface area contributed by atoms with Crippen molar-refractivity contribution in [2.75, 3.05) is 24.5 Å². The van der Waals surface area contributed by atoms with Gasteiger partial charge < -0.3 is 10.2 Å². The lowest BCUT2D eigenvalue weighted by Gasteiger charge is -2.22. The summed E-state index contributed by atoms with van der Waals surface area (Å²) in [6.07, 6.45) is 2.79. The first-order valence-electron chi connectivity index (χ1n) is 6.75. The molecule has 0 atom stereocenters. The van der Waals surface area contributed by atoms with Crippen LogP contribution in [-0.4, -0.2) is 24.6 Å². The highest BCUT2D eigenvalue weighted by Gasteiger charge is 2.24. The lowest BCUT2D eigenvalue weighted by atomic mass is 10.3. The quantitative estimate of drug-likeness (QED) is 0.784. The molecule has 0 amide bonds. The Balaban J connectivity index is 2.01. The van der Waals surface area contributed by atoms with E-state index in [0.717, 1.165) is 37.1 Å². The number of pyridine rings is 1. The minimum Gasteiger partial charge on any atom is -0.357 e. The Kier molecular flexibility index (Phi) is 4.37. The number of hydrogen-bond donors (Lipinski definition) is 1. The van der Waals surface area contributed by atoms with Gasteiger partial charge in [0, 0.05) is 19.6 Å². The van der Waals surface area contributed by atoms with Gasteiger partial charge in [0.05, 0.1) is 5.69 Å². The monoisotopic (exact) mass is 233 g/mol. The van der Waals surface area contributed by atoms with Gasteiger partial charge in [-0.2, -0.15) is 0 Å². The van der Waals surface area contributed by atoms with Gasteiger partial charge in [-0.25, -0.2) is 4.98 Å². The smallest absolute Gasteiger partial charge is 0.128 e. The Morgan fingerprint density at radius 3 is 2.82 bits per heavy atom. The third-order valence-corrected chi connectivity index (χ3v) is 3.23. The molecule has 0 radical (unpaired) electrons. The Morgan fingerprint density at radius 1 is 1.35 bits per heavy atom. The summed E-state index contributed by atoms with van der Waals surface area (Å²) in [7, 11) is 0. The molecule has 3 nitrogen and oxygen atoms in total. The van der Waals surface area contributed by atoms with Gasteiger partial charge >= 0.3 is 0 Å². The van der Waals surface area contributed by atoms with E-state index in [0.29, 0.717) is 0 Å². The van der Waals surface area contributed by atoms with Crippen molar-refractivity contribution in [3.8, 4) is 0 Å². The molecule has 3 heteroatoms. The molecule has 1 aliphatic rings. The normalized spacial score (nSPS) is 14.9. The van der Waals surface area contributed by atoms with E-state index in [4.69, 9.17) is 4.98 Å². The summed E-state index contributed by atoms with van der Waals surface area (Å²) >= 11 is 0. The summed E-state index contributed by atoms with van der Waals surface area (Å²) in [4.78, 5) is 7.12. The SMILES string of the molecule is CCNCc1cccc(N(CC)CC2CC2)n1. The van der Waals surface area contributed by atoms with Crippen LogP contribution in [0.3, 0.4) is 0 Å². The number of hydrogen-bond acceptors (Lipinski definition) is 3. The minimum absolute atomic E-state index is 0.866. The maximum atomic E-state index is 4.73. The summed E-state index contributed by atoms with van der Waals surface area (Å²) in [5.41, 5.74) is 1.14. The van der Waals surface area contributed by atoms with Gasteiger partial charge in [0.25, 0.3) is 0 Å². The minimum atomic E-state index is 0.866. The molecule has 94 valence electrons. The molecule has 1 heterocycles. The van der Waals surface area contributed by atoms with Crippen LogP contribution in [0.4, 0.5) is 5.82 Å². The molecule has 1 aromatic rings. The van der Waals surface area contributed by atoms with Crippen molar-refractivity contribution in [3.05, 3.63) is 23.9 Å². The van der Waals surface area contributed by atoms with Crippen LogP contribution in [0.15, 0.2) is 18.2 Å². The van der Waals surface area contributed by atoms with Gasteiger partial charge in [0.15, 0.2) is 0 Å². The summed E-state index contributed by atoms with van der Waals surface area (Å²) in [5, 5.41) is 3.32. The molecule has 0 unspecified atom stereocenters. The number of nitrogens with zero attached hydrogens (tertiary/aromatic N) is 2. The Bertz CT molecular complexity index is 347.